The van der Waals surface area contributed by atoms with Crippen molar-refractivity contribution in [3.8, 4) is 5.75 Å². The maximum absolute atomic E-state index is 13.8. The molecule has 0 amide bonds. The number of carbonyl (C=O) groups is 1. The Morgan fingerprint density at radius 3 is 2.69 bits per heavy atom. The van der Waals surface area contributed by atoms with E-state index in [1.54, 1.807) is 55.5 Å². The van der Waals surface area contributed by atoms with Gasteiger partial charge in [-0.15, -0.1) is 11.3 Å². The van der Waals surface area contributed by atoms with E-state index in [-0.39, 0.29) is 12.2 Å². The van der Waals surface area contributed by atoms with Gasteiger partial charge in [0.15, 0.2) is 14.2 Å². The average Bonchev–Trinajstić information content (AvgIpc) is 3.66. The van der Waals surface area contributed by atoms with Crippen LogP contribution in [0, 0.1) is 0 Å². The fourth-order valence-electron chi connectivity index (χ4n) is 4.62. The summed E-state index contributed by atoms with van der Waals surface area (Å²) in [5.74, 6) is 0.825. The van der Waals surface area contributed by atoms with Crippen LogP contribution in [0.2, 0.25) is 5.02 Å². The maximum Gasteiger partial charge on any atom is 0.338 e. The normalized spacial score (nSPS) is 15.1. The Bertz CT molecular complexity index is 2020. The predicted octanol–water partition coefficient (Wildman–Crippen LogP) is 6.20. The van der Waals surface area contributed by atoms with E-state index >= 15 is 0 Å². The van der Waals surface area contributed by atoms with Crippen LogP contribution in [-0.4, -0.2) is 28.7 Å². The molecule has 0 saturated heterocycles. The zero-order valence-electron chi connectivity index (χ0n) is 22.8. The van der Waals surface area contributed by atoms with Gasteiger partial charge in [0.1, 0.15) is 11.5 Å². The number of allylic oxidation sites excluding steroid dienone is 1. The third-order valence-electron chi connectivity index (χ3n) is 6.42. The number of hydrogen-bond donors (Lipinski definition) is 0. The van der Waals surface area contributed by atoms with Gasteiger partial charge < -0.3 is 13.9 Å². The molecule has 8 nitrogen and oxygen atoms in total. The summed E-state index contributed by atoms with van der Waals surface area (Å²) < 4.78 is 20.8. The summed E-state index contributed by atoms with van der Waals surface area (Å²) in [6.07, 6.45) is 1.70. The molecule has 4 heterocycles. The Kier molecular flexibility index (Phi) is 8.09. The molecule has 0 bridgehead atoms. The molecule has 0 fully saturated rings. The van der Waals surface area contributed by atoms with E-state index < -0.39 is 12.0 Å². The topological polar surface area (TPSA) is 95.9 Å². The van der Waals surface area contributed by atoms with Crippen LogP contribution in [0.5, 0.6) is 5.75 Å². The van der Waals surface area contributed by atoms with Crippen molar-refractivity contribution in [3.63, 3.8) is 0 Å². The number of fused-ring (bicyclic) bond motifs is 2. The Hall–Kier alpha value is -3.64. The Labute approximate surface area is 257 Å². The van der Waals surface area contributed by atoms with Gasteiger partial charge >= 0.3 is 5.97 Å². The number of esters is 1. The van der Waals surface area contributed by atoms with Crippen molar-refractivity contribution < 1.29 is 18.7 Å². The number of nitrogens with zero attached hydrogens (tertiary/aromatic N) is 3. The van der Waals surface area contributed by atoms with Gasteiger partial charge in [-0.1, -0.05) is 35.1 Å². The standard InChI is InChI=1S/C30H24ClN3O5S3/c1-4-37-19-10-12-21-22(14-19)41-30(33-21)42-24-13-11-20(39-24)15-23-27(35)34-26(17-6-8-18(31)9-7-17)25(28(36)38-5-2)16(3)32-29(34)40-23/h6-15,26H,4-5H2,1-3H3/b23-15-/t26-/m1/s1. The first kappa shape index (κ1) is 28.5. The van der Waals surface area contributed by atoms with E-state index in [0.717, 1.165) is 25.9 Å². The SMILES string of the molecule is CCOC(=O)C1=C(C)N=c2s/c(=C\c3ccc(Sc4nc5ccc(OCC)cc5s4)o3)c(=O)n2[C@@H]1c1ccc(Cl)cc1. The van der Waals surface area contributed by atoms with E-state index in [1.165, 1.54) is 27.7 Å². The van der Waals surface area contributed by atoms with Gasteiger partial charge in [-0.05, 0) is 80.6 Å². The summed E-state index contributed by atoms with van der Waals surface area (Å²) in [4.78, 5) is 36.6. The minimum atomic E-state index is -0.704. The minimum Gasteiger partial charge on any atom is -0.494 e. The monoisotopic (exact) mass is 637 g/mol. The van der Waals surface area contributed by atoms with Crippen molar-refractivity contribution in [2.45, 2.75) is 36.2 Å². The molecule has 2 aromatic carbocycles. The number of halogens is 1. The van der Waals surface area contributed by atoms with Crippen molar-refractivity contribution in [3.05, 3.63) is 102 Å². The lowest BCUT2D eigenvalue weighted by Crippen LogP contribution is -2.39. The summed E-state index contributed by atoms with van der Waals surface area (Å²) >= 11 is 10.3. The predicted molar refractivity (Wildman–Crippen MR) is 165 cm³/mol. The highest BCUT2D eigenvalue weighted by molar-refractivity contribution is 8.01. The van der Waals surface area contributed by atoms with Crippen LogP contribution < -0.4 is 19.6 Å². The number of thiazole rings is 2. The van der Waals surface area contributed by atoms with Gasteiger partial charge in [-0.2, -0.15) is 0 Å². The molecule has 6 rings (SSSR count). The largest absolute Gasteiger partial charge is 0.494 e. The highest BCUT2D eigenvalue weighted by Crippen LogP contribution is 2.36. The van der Waals surface area contributed by atoms with Gasteiger partial charge in [0, 0.05) is 11.1 Å². The number of ether oxygens (including phenoxy) is 2. The number of hydrogen-bond acceptors (Lipinski definition) is 10. The fourth-order valence-corrected chi connectivity index (χ4v) is 7.77. The summed E-state index contributed by atoms with van der Waals surface area (Å²) in [6, 6.07) is 15.9. The van der Waals surface area contributed by atoms with Crippen LogP contribution in [0.25, 0.3) is 16.3 Å². The molecular formula is C30H24ClN3O5S3. The van der Waals surface area contributed by atoms with E-state index in [0.29, 0.717) is 43.1 Å². The number of benzene rings is 2. The van der Waals surface area contributed by atoms with Crippen LogP contribution in [0.15, 0.2) is 89.5 Å². The number of carbonyl (C=O) groups excluding carboxylic acids is 1. The van der Waals surface area contributed by atoms with Crippen LogP contribution in [0.3, 0.4) is 0 Å². The molecule has 0 saturated carbocycles. The Morgan fingerprint density at radius 2 is 1.93 bits per heavy atom. The van der Waals surface area contributed by atoms with Gasteiger partial charge in [0.25, 0.3) is 5.56 Å². The fraction of sp³-hybridized carbons (Fsp3) is 0.200. The third-order valence-corrected chi connectivity index (χ3v) is 9.65. The van der Waals surface area contributed by atoms with Crippen molar-refractivity contribution in [1.29, 1.82) is 0 Å². The summed E-state index contributed by atoms with van der Waals surface area (Å²) in [5, 5.41) is 1.20. The maximum atomic E-state index is 13.8. The Balaban J connectivity index is 1.34. The lowest BCUT2D eigenvalue weighted by atomic mass is 9.96. The molecule has 1 atom stereocenters. The molecule has 5 aromatic rings. The first-order chi connectivity index (χ1) is 20.3. The van der Waals surface area contributed by atoms with Crippen molar-refractivity contribution >= 4 is 68.3 Å². The van der Waals surface area contributed by atoms with Crippen LogP contribution in [0.1, 0.15) is 38.1 Å². The van der Waals surface area contributed by atoms with Gasteiger partial charge in [-0.3, -0.25) is 9.36 Å². The molecule has 0 N–H and O–H groups in total. The minimum absolute atomic E-state index is 0.206. The average molecular weight is 638 g/mol. The smallest absolute Gasteiger partial charge is 0.338 e. The quantitative estimate of drug-likeness (QED) is 0.187. The molecule has 12 heteroatoms. The zero-order valence-corrected chi connectivity index (χ0v) is 26.0. The Morgan fingerprint density at radius 1 is 1.12 bits per heavy atom. The summed E-state index contributed by atoms with van der Waals surface area (Å²) in [7, 11) is 0. The summed E-state index contributed by atoms with van der Waals surface area (Å²) in [5.41, 5.74) is 2.16. The molecule has 0 radical (unpaired) electrons. The lowest BCUT2D eigenvalue weighted by molar-refractivity contribution is -0.139. The molecule has 1 aliphatic rings. The molecule has 3 aromatic heterocycles. The second kappa shape index (κ2) is 11.9. The lowest BCUT2D eigenvalue weighted by Gasteiger charge is -2.24. The van der Waals surface area contributed by atoms with Crippen molar-refractivity contribution in [2.24, 2.45) is 4.99 Å². The molecule has 42 heavy (non-hydrogen) atoms. The van der Waals surface area contributed by atoms with E-state index in [2.05, 4.69) is 9.98 Å². The first-order valence-electron chi connectivity index (χ1n) is 13.1. The molecule has 0 spiro atoms. The molecule has 214 valence electrons. The van der Waals surface area contributed by atoms with Crippen LogP contribution in [-0.2, 0) is 9.53 Å². The summed E-state index contributed by atoms with van der Waals surface area (Å²) in [6.45, 7) is 6.26. The molecule has 1 aliphatic heterocycles. The molecular weight excluding hydrogens is 614 g/mol. The van der Waals surface area contributed by atoms with Crippen LogP contribution >= 0.6 is 46.0 Å². The number of aromatic nitrogens is 2. The molecule has 0 aliphatic carbocycles. The third kappa shape index (κ3) is 5.57. The van der Waals surface area contributed by atoms with E-state index in [1.807, 2.05) is 37.3 Å². The van der Waals surface area contributed by atoms with Gasteiger partial charge in [0.2, 0.25) is 0 Å². The number of rotatable bonds is 8. The van der Waals surface area contributed by atoms with E-state index in [9.17, 15) is 9.59 Å². The van der Waals surface area contributed by atoms with Crippen molar-refractivity contribution in [1.82, 2.24) is 9.55 Å². The van der Waals surface area contributed by atoms with E-state index in [4.69, 9.17) is 25.5 Å². The molecule has 0 unspecified atom stereocenters. The van der Waals surface area contributed by atoms with Gasteiger partial charge in [0.05, 0.1) is 45.3 Å². The highest BCUT2D eigenvalue weighted by Gasteiger charge is 2.33. The second-order valence-corrected chi connectivity index (χ2v) is 12.9. The first-order valence-corrected chi connectivity index (χ1v) is 15.9. The number of furan rings is 1. The van der Waals surface area contributed by atoms with Gasteiger partial charge in [-0.25, -0.2) is 14.8 Å². The zero-order chi connectivity index (χ0) is 29.4. The van der Waals surface area contributed by atoms with Crippen molar-refractivity contribution in [2.75, 3.05) is 13.2 Å². The second-order valence-electron chi connectivity index (χ2n) is 9.16. The highest BCUT2D eigenvalue weighted by atomic mass is 35.5. The van der Waals surface area contributed by atoms with Crippen LogP contribution in [0.4, 0.5) is 0 Å².